The number of benzene rings is 1. The van der Waals surface area contributed by atoms with Crippen molar-refractivity contribution in [2.24, 2.45) is 5.92 Å². The van der Waals surface area contributed by atoms with Crippen molar-refractivity contribution >= 4 is 17.4 Å². The zero-order valence-corrected chi connectivity index (χ0v) is 15.0. The van der Waals surface area contributed by atoms with Crippen molar-refractivity contribution in [1.82, 2.24) is 4.98 Å². The number of anilines is 2. The molecule has 4 heteroatoms. The van der Waals surface area contributed by atoms with Crippen LogP contribution < -0.4 is 10.2 Å². The molecular formula is C20H27N3O. The molecule has 0 saturated carbocycles. The van der Waals surface area contributed by atoms with E-state index in [9.17, 15) is 4.79 Å². The predicted octanol–water partition coefficient (Wildman–Crippen LogP) is 4.51. The molecule has 0 bridgehead atoms. The number of nitrogens with one attached hydrogen (secondary N) is 1. The molecule has 0 radical (unpaired) electrons. The summed E-state index contributed by atoms with van der Waals surface area (Å²) in [5.41, 5.74) is 2.66. The maximum absolute atomic E-state index is 12.8. The minimum absolute atomic E-state index is 0.0238. The number of aromatic nitrogens is 1. The molecule has 0 saturated heterocycles. The number of pyridine rings is 1. The third-order valence-electron chi connectivity index (χ3n) is 3.91. The van der Waals surface area contributed by atoms with Crippen molar-refractivity contribution in [3.8, 4) is 0 Å². The summed E-state index contributed by atoms with van der Waals surface area (Å²) in [5, 5.41) is 3.29. The molecule has 1 aromatic carbocycles. The first-order valence-electron chi connectivity index (χ1n) is 8.59. The highest BCUT2D eigenvalue weighted by Crippen LogP contribution is 2.19. The fourth-order valence-electron chi connectivity index (χ4n) is 2.51. The maximum atomic E-state index is 12.8. The summed E-state index contributed by atoms with van der Waals surface area (Å²) in [6.45, 7) is 9.92. The van der Waals surface area contributed by atoms with Crippen LogP contribution in [0.3, 0.4) is 0 Å². The highest BCUT2D eigenvalue weighted by atomic mass is 16.2. The van der Waals surface area contributed by atoms with Gasteiger partial charge >= 0.3 is 0 Å². The topological polar surface area (TPSA) is 45.2 Å². The monoisotopic (exact) mass is 325 g/mol. The van der Waals surface area contributed by atoms with E-state index >= 15 is 0 Å². The number of amides is 1. The Bertz CT molecular complexity index is 665. The van der Waals surface area contributed by atoms with E-state index in [1.807, 2.05) is 50.2 Å². The first-order chi connectivity index (χ1) is 11.5. The number of carbonyl (C=O) groups is 1. The van der Waals surface area contributed by atoms with Gasteiger partial charge in [-0.3, -0.25) is 4.79 Å². The molecule has 2 aromatic rings. The minimum atomic E-state index is -0.0238. The lowest BCUT2D eigenvalue weighted by Gasteiger charge is -2.21. The molecular weight excluding hydrogens is 298 g/mol. The van der Waals surface area contributed by atoms with Gasteiger partial charge in [-0.2, -0.15) is 0 Å². The van der Waals surface area contributed by atoms with E-state index in [1.165, 1.54) is 0 Å². The molecule has 0 aliphatic carbocycles. The van der Waals surface area contributed by atoms with E-state index in [4.69, 9.17) is 0 Å². The Balaban J connectivity index is 2.08. The molecule has 0 fully saturated rings. The summed E-state index contributed by atoms with van der Waals surface area (Å²) in [4.78, 5) is 18.9. The van der Waals surface area contributed by atoms with Crippen LogP contribution in [0, 0.1) is 12.8 Å². The molecule has 1 amide bonds. The zero-order chi connectivity index (χ0) is 17.5. The van der Waals surface area contributed by atoms with Gasteiger partial charge < -0.3 is 10.2 Å². The highest BCUT2D eigenvalue weighted by molar-refractivity contribution is 6.06. The Kier molecular flexibility index (Phi) is 6.36. The Morgan fingerprint density at radius 2 is 2.04 bits per heavy atom. The summed E-state index contributed by atoms with van der Waals surface area (Å²) >= 11 is 0. The fraction of sp³-hybridized carbons (Fsp3) is 0.400. The van der Waals surface area contributed by atoms with Crippen LogP contribution in [0.25, 0.3) is 0 Å². The van der Waals surface area contributed by atoms with E-state index < -0.39 is 0 Å². The van der Waals surface area contributed by atoms with E-state index in [2.05, 4.69) is 24.1 Å². The highest BCUT2D eigenvalue weighted by Gasteiger charge is 2.16. The van der Waals surface area contributed by atoms with Gasteiger partial charge in [0.05, 0.1) is 5.56 Å². The lowest BCUT2D eigenvalue weighted by atomic mass is 10.1. The molecule has 1 N–H and O–H groups in total. The van der Waals surface area contributed by atoms with Crippen LogP contribution in [0.15, 0.2) is 42.6 Å². The number of nitrogens with zero attached hydrogens (tertiary/aromatic N) is 2. The number of aryl methyl sites for hydroxylation is 1. The van der Waals surface area contributed by atoms with Gasteiger partial charge in [-0.1, -0.05) is 26.0 Å². The largest absolute Gasteiger partial charge is 0.370 e. The summed E-state index contributed by atoms with van der Waals surface area (Å²) in [5.74, 6) is 1.45. The third-order valence-corrected chi connectivity index (χ3v) is 3.91. The first-order valence-corrected chi connectivity index (χ1v) is 8.59. The van der Waals surface area contributed by atoms with Gasteiger partial charge in [0.2, 0.25) is 0 Å². The lowest BCUT2D eigenvalue weighted by Crippen LogP contribution is -2.30. The van der Waals surface area contributed by atoms with Crippen molar-refractivity contribution in [2.45, 2.75) is 34.1 Å². The third kappa shape index (κ3) is 4.82. The molecule has 0 spiro atoms. The van der Waals surface area contributed by atoms with Crippen molar-refractivity contribution in [2.75, 3.05) is 23.3 Å². The molecule has 128 valence electrons. The van der Waals surface area contributed by atoms with Crippen molar-refractivity contribution in [3.05, 3.63) is 53.7 Å². The van der Waals surface area contributed by atoms with Crippen LogP contribution in [0.2, 0.25) is 0 Å². The summed E-state index contributed by atoms with van der Waals surface area (Å²) in [7, 11) is 0. The van der Waals surface area contributed by atoms with Gasteiger partial charge in [-0.15, -0.1) is 0 Å². The summed E-state index contributed by atoms with van der Waals surface area (Å²) in [6.07, 6.45) is 2.75. The van der Waals surface area contributed by atoms with Crippen LogP contribution in [-0.2, 0) is 0 Å². The van der Waals surface area contributed by atoms with Crippen LogP contribution >= 0.6 is 0 Å². The average molecular weight is 325 g/mol. The van der Waals surface area contributed by atoms with E-state index in [1.54, 1.807) is 11.1 Å². The van der Waals surface area contributed by atoms with Gasteiger partial charge in [0.25, 0.3) is 5.91 Å². The van der Waals surface area contributed by atoms with Crippen molar-refractivity contribution < 1.29 is 4.79 Å². The van der Waals surface area contributed by atoms with Gasteiger partial charge in [-0.05, 0) is 56.0 Å². The lowest BCUT2D eigenvalue weighted by molar-refractivity contribution is 0.0988. The van der Waals surface area contributed by atoms with E-state index in [-0.39, 0.29) is 5.91 Å². The minimum Gasteiger partial charge on any atom is -0.370 e. The molecule has 0 aliphatic heterocycles. The van der Waals surface area contributed by atoms with Gasteiger partial charge in [-0.25, -0.2) is 4.98 Å². The van der Waals surface area contributed by atoms with E-state index in [0.29, 0.717) is 18.0 Å². The molecule has 1 aromatic heterocycles. The van der Waals surface area contributed by atoms with Crippen LogP contribution in [0.1, 0.15) is 43.1 Å². The summed E-state index contributed by atoms with van der Waals surface area (Å²) in [6, 6.07) is 11.7. The summed E-state index contributed by atoms with van der Waals surface area (Å²) < 4.78 is 0. The molecule has 24 heavy (non-hydrogen) atoms. The Morgan fingerprint density at radius 3 is 2.62 bits per heavy atom. The SMILES string of the molecule is CCN(C(=O)c1ccc(NCCC(C)C)nc1)c1cccc(C)c1. The fourth-order valence-corrected chi connectivity index (χ4v) is 2.51. The first kappa shape index (κ1) is 18.0. The smallest absolute Gasteiger partial charge is 0.259 e. The second-order valence-electron chi connectivity index (χ2n) is 6.43. The Hall–Kier alpha value is -2.36. The van der Waals surface area contributed by atoms with Gasteiger partial charge in [0, 0.05) is 25.0 Å². The normalized spacial score (nSPS) is 10.7. The van der Waals surface area contributed by atoms with Crippen LogP contribution in [-0.4, -0.2) is 24.0 Å². The number of rotatable bonds is 7. The maximum Gasteiger partial charge on any atom is 0.259 e. The quantitative estimate of drug-likeness (QED) is 0.814. The molecule has 1 heterocycles. The standard InChI is InChI=1S/C20H27N3O/c1-5-23(18-8-6-7-16(4)13-18)20(24)17-9-10-19(22-14-17)21-12-11-15(2)3/h6-10,13-15H,5,11-12H2,1-4H3,(H,21,22). The number of hydrogen-bond donors (Lipinski definition) is 1. The molecule has 2 rings (SSSR count). The van der Waals surface area contributed by atoms with Crippen LogP contribution in [0.5, 0.6) is 0 Å². The number of hydrogen-bond acceptors (Lipinski definition) is 3. The molecule has 4 nitrogen and oxygen atoms in total. The average Bonchev–Trinajstić information content (AvgIpc) is 2.56. The Morgan fingerprint density at radius 1 is 1.25 bits per heavy atom. The van der Waals surface area contributed by atoms with Crippen molar-refractivity contribution in [1.29, 1.82) is 0 Å². The second kappa shape index (κ2) is 8.48. The molecule has 0 unspecified atom stereocenters. The second-order valence-corrected chi connectivity index (χ2v) is 6.43. The zero-order valence-electron chi connectivity index (χ0n) is 15.0. The van der Waals surface area contributed by atoms with E-state index in [0.717, 1.165) is 30.0 Å². The van der Waals surface area contributed by atoms with Gasteiger partial charge in [0.1, 0.15) is 5.82 Å². The van der Waals surface area contributed by atoms with Crippen LogP contribution in [0.4, 0.5) is 11.5 Å². The van der Waals surface area contributed by atoms with Gasteiger partial charge in [0.15, 0.2) is 0 Å². The predicted molar refractivity (Wildman–Crippen MR) is 101 cm³/mol. The molecule has 0 aliphatic rings. The molecule has 0 atom stereocenters. The number of carbonyl (C=O) groups excluding carboxylic acids is 1. The van der Waals surface area contributed by atoms with Crippen molar-refractivity contribution in [3.63, 3.8) is 0 Å². The Labute approximate surface area is 144 Å².